The third kappa shape index (κ3) is 7.58. The maximum Gasteiger partial charge on any atom is 0.193 e. The van der Waals surface area contributed by atoms with Crippen LogP contribution in [-0.2, 0) is 6.54 Å². The Hall–Kier alpha value is -2.73. The molecule has 0 bridgehead atoms. The Kier molecular flexibility index (Phi) is 7.95. The van der Waals surface area contributed by atoms with Gasteiger partial charge in [-0.25, -0.2) is 4.99 Å². The van der Waals surface area contributed by atoms with E-state index in [1.165, 1.54) is 0 Å². The number of para-hydroxylation sites is 1. The molecule has 0 fully saturated rings. The standard InChI is InChI=1S/C21H30N4O2/c1-16(2)27-19-11-9-18(10-12-19)24-21(22)23-15-17-7-5-6-8-20(17)26-14-13-25(3)4/h5-12,16H,13-15H2,1-4H3,(H3,22,23,24). The summed E-state index contributed by atoms with van der Waals surface area (Å²) in [5, 5.41) is 3.09. The van der Waals surface area contributed by atoms with Gasteiger partial charge in [-0.3, -0.25) is 0 Å². The molecular weight excluding hydrogens is 340 g/mol. The van der Waals surface area contributed by atoms with E-state index in [-0.39, 0.29) is 6.10 Å². The Morgan fingerprint density at radius 1 is 1.11 bits per heavy atom. The van der Waals surface area contributed by atoms with Crippen LogP contribution in [0.1, 0.15) is 19.4 Å². The molecule has 146 valence electrons. The fourth-order valence-electron chi connectivity index (χ4n) is 2.36. The number of guanidine groups is 1. The van der Waals surface area contributed by atoms with Crippen molar-refractivity contribution in [3.8, 4) is 11.5 Å². The zero-order chi connectivity index (χ0) is 19.6. The molecule has 2 aromatic carbocycles. The molecule has 2 aromatic rings. The van der Waals surface area contributed by atoms with Crippen LogP contribution in [0.25, 0.3) is 0 Å². The molecule has 0 unspecified atom stereocenters. The van der Waals surface area contributed by atoms with Gasteiger partial charge in [-0.1, -0.05) is 18.2 Å². The molecule has 0 atom stereocenters. The fourth-order valence-corrected chi connectivity index (χ4v) is 2.36. The molecule has 0 amide bonds. The van der Waals surface area contributed by atoms with Gasteiger partial charge in [-0.05, 0) is 58.3 Å². The number of benzene rings is 2. The minimum atomic E-state index is 0.149. The third-order valence-electron chi connectivity index (χ3n) is 3.69. The van der Waals surface area contributed by atoms with Crippen LogP contribution < -0.4 is 20.5 Å². The van der Waals surface area contributed by atoms with Crippen LogP contribution in [0.3, 0.4) is 0 Å². The lowest BCUT2D eigenvalue weighted by molar-refractivity contribution is 0.242. The number of ether oxygens (including phenoxy) is 2. The Bertz CT molecular complexity index is 727. The van der Waals surface area contributed by atoms with Crippen molar-refractivity contribution in [1.82, 2.24) is 4.90 Å². The summed E-state index contributed by atoms with van der Waals surface area (Å²) >= 11 is 0. The lowest BCUT2D eigenvalue weighted by Crippen LogP contribution is -2.22. The first-order chi connectivity index (χ1) is 12.9. The van der Waals surface area contributed by atoms with Gasteiger partial charge in [0.05, 0.1) is 12.6 Å². The predicted octanol–water partition coefficient (Wildman–Crippen LogP) is 3.34. The molecule has 0 saturated carbocycles. The van der Waals surface area contributed by atoms with Crippen LogP contribution in [0.5, 0.6) is 11.5 Å². The zero-order valence-corrected chi connectivity index (χ0v) is 16.6. The molecule has 0 heterocycles. The Labute approximate surface area is 162 Å². The van der Waals surface area contributed by atoms with Crippen LogP contribution in [0.4, 0.5) is 5.69 Å². The number of hydrogen-bond donors (Lipinski definition) is 2. The number of hydrogen-bond acceptors (Lipinski definition) is 4. The maximum absolute atomic E-state index is 6.02. The molecule has 27 heavy (non-hydrogen) atoms. The summed E-state index contributed by atoms with van der Waals surface area (Å²) in [5.74, 6) is 2.02. The van der Waals surface area contributed by atoms with Gasteiger partial charge in [-0.15, -0.1) is 0 Å². The number of nitrogens with one attached hydrogen (secondary N) is 1. The first kappa shape index (κ1) is 20.6. The van der Waals surface area contributed by atoms with Crippen molar-refractivity contribution in [3.05, 3.63) is 54.1 Å². The molecule has 0 aliphatic rings. The van der Waals surface area contributed by atoms with Crippen LogP contribution in [0.2, 0.25) is 0 Å². The number of nitrogens with two attached hydrogens (primary N) is 1. The molecular formula is C21H30N4O2. The first-order valence-electron chi connectivity index (χ1n) is 9.13. The first-order valence-corrected chi connectivity index (χ1v) is 9.13. The molecule has 0 aliphatic carbocycles. The second kappa shape index (κ2) is 10.4. The topological polar surface area (TPSA) is 72.1 Å². The van der Waals surface area contributed by atoms with E-state index in [9.17, 15) is 0 Å². The van der Waals surface area contributed by atoms with E-state index in [0.29, 0.717) is 19.1 Å². The number of anilines is 1. The van der Waals surface area contributed by atoms with E-state index in [1.54, 1.807) is 0 Å². The Morgan fingerprint density at radius 2 is 1.81 bits per heavy atom. The smallest absolute Gasteiger partial charge is 0.193 e. The predicted molar refractivity (Wildman–Crippen MR) is 112 cm³/mol. The van der Waals surface area contributed by atoms with Gasteiger partial charge in [0.15, 0.2) is 5.96 Å². The highest BCUT2D eigenvalue weighted by molar-refractivity contribution is 5.92. The summed E-state index contributed by atoms with van der Waals surface area (Å²) in [6, 6.07) is 15.5. The molecule has 6 heteroatoms. The molecule has 0 spiro atoms. The normalized spacial score (nSPS) is 11.7. The Balaban J connectivity index is 1.93. The molecule has 0 radical (unpaired) electrons. The monoisotopic (exact) mass is 370 g/mol. The van der Waals surface area contributed by atoms with E-state index in [4.69, 9.17) is 15.2 Å². The number of nitrogens with zero attached hydrogens (tertiary/aromatic N) is 2. The molecule has 0 aliphatic heterocycles. The van der Waals surface area contributed by atoms with Crippen molar-refractivity contribution in [2.45, 2.75) is 26.5 Å². The van der Waals surface area contributed by atoms with Gasteiger partial charge >= 0.3 is 0 Å². The second-order valence-electron chi connectivity index (χ2n) is 6.78. The maximum atomic E-state index is 6.02. The number of rotatable bonds is 9. The van der Waals surface area contributed by atoms with Crippen LogP contribution in [-0.4, -0.2) is 44.2 Å². The van der Waals surface area contributed by atoms with Crippen molar-refractivity contribution in [2.75, 3.05) is 32.6 Å². The van der Waals surface area contributed by atoms with Crippen molar-refractivity contribution in [2.24, 2.45) is 10.7 Å². The largest absolute Gasteiger partial charge is 0.492 e. The van der Waals surface area contributed by atoms with Crippen molar-refractivity contribution in [3.63, 3.8) is 0 Å². The summed E-state index contributed by atoms with van der Waals surface area (Å²) in [5.41, 5.74) is 7.89. The van der Waals surface area contributed by atoms with Crippen molar-refractivity contribution < 1.29 is 9.47 Å². The van der Waals surface area contributed by atoms with E-state index in [0.717, 1.165) is 29.3 Å². The highest BCUT2D eigenvalue weighted by Gasteiger charge is 2.04. The lowest BCUT2D eigenvalue weighted by atomic mass is 10.2. The van der Waals surface area contributed by atoms with Crippen molar-refractivity contribution >= 4 is 11.6 Å². The molecule has 0 saturated heterocycles. The second-order valence-corrected chi connectivity index (χ2v) is 6.78. The van der Waals surface area contributed by atoms with Gasteiger partial charge in [0.1, 0.15) is 18.1 Å². The van der Waals surface area contributed by atoms with Gasteiger partial charge < -0.3 is 25.4 Å². The molecule has 2 rings (SSSR count). The number of aliphatic imine (C=N–C) groups is 1. The van der Waals surface area contributed by atoms with Crippen LogP contribution in [0, 0.1) is 0 Å². The molecule has 6 nitrogen and oxygen atoms in total. The molecule has 3 N–H and O–H groups in total. The zero-order valence-electron chi connectivity index (χ0n) is 16.6. The summed E-state index contributed by atoms with van der Waals surface area (Å²) < 4.78 is 11.5. The summed E-state index contributed by atoms with van der Waals surface area (Å²) in [7, 11) is 4.04. The summed E-state index contributed by atoms with van der Waals surface area (Å²) in [4.78, 5) is 6.51. The highest BCUT2D eigenvalue weighted by Crippen LogP contribution is 2.19. The lowest BCUT2D eigenvalue weighted by Gasteiger charge is -2.13. The van der Waals surface area contributed by atoms with Crippen molar-refractivity contribution in [1.29, 1.82) is 0 Å². The van der Waals surface area contributed by atoms with Crippen LogP contribution in [0.15, 0.2) is 53.5 Å². The highest BCUT2D eigenvalue weighted by atomic mass is 16.5. The van der Waals surface area contributed by atoms with E-state index >= 15 is 0 Å². The Morgan fingerprint density at radius 3 is 2.48 bits per heavy atom. The van der Waals surface area contributed by atoms with E-state index in [1.807, 2.05) is 76.5 Å². The average Bonchev–Trinajstić information content (AvgIpc) is 2.62. The minimum absolute atomic E-state index is 0.149. The molecule has 0 aromatic heterocycles. The quantitative estimate of drug-likeness (QED) is 0.523. The average molecular weight is 370 g/mol. The third-order valence-corrected chi connectivity index (χ3v) is 3.69. The summed E-state index contributed by atoms with van der Waals surface area (Å²) in [6.07, 6.45) is 0.149. The summed E-state index contributed by atoms with van der Waals surface area (Å²) in [6.45, 7) is 5.94. The SMILES string of the molecule is CC(C)Oc1ccc(NC(N)=NCc2ccccc2OCCN(C)C)cc1. The van der Waals surface area contributed by atoms with Gasteiger partial charge in [0.25, 0.3) is 0 Å². The van der Waals surface area contributed by atoms with E-state index in [2.05, 4.69) is 15.2 Å². The fraction of sp³-hybridized carbons (Fsp3) is 0.381. The van der Waals surface area contributed by atoms with Gasteiger partial charge in [0.2, 0.25) is 0 Å². The van der Waals surface area contributed by atoms with Gasteiger partial charge in [0, 0.05) is 17.8 Å². The number of likely N-dealkylation sites (N-methyl/N-ethyl adjacent to an activating group) is 1. The minimum Gasteiger partial charge on any atom is -0.492 e. The van der Waals surface area contributed by atoms with E-state index < -0.39 is 0 Å². The van der Waals surface area contributed by atoms with Crippen LogP contribution >= 0.6 is 0 Å². The van der Waals surface area contributed by atoms with Gasteiger partial charge in [-0.2, -0.15) is 0 Å².